The summed E-state index contributed by atoms with van der Waals surface area (Å²) < 4.78 is 14.4. The number of rotatable bonds is 2. The number of fused-ring (bicyclic) bond motifs is 1. The van der Waals surface area contributed by atoms with Gasteiger partial charge in [0.2, 0.25) is 5.43 Å². The minimum atomic E-state index is -1.40. The number of carboxylic acids is 1. The van der Waals surface area contributed by atoms with Crippen LogP contribution in [0.1, 0.15) is 10.4 Å². The normalized spacial score (nSPS) is 10.2. The maximum Gasteiger partial charge on any atom is 0.341 e. The van der Waals surface area contributed by atoms with E-state index in [2.05, 4.69) is 0 Å². The van der Waals surface area contributed by atoms with Gasteiger partial charge in [0.05, 0.1) is 11.6 Å². The van der Waals surface area contributed by atoms with E-state index in [1.165, 1.54) is 10.6 Å². The van der Waals surface area contributed by atoms with Crippen molar-refractivity contribution in [2.75, 3.05) is 0 Å². The van der Waals surface area contributed by atoms with E-state index in [0.29, 0.717) is 5.52 Å². The number of benzene rings is 1. The Labute approximate surface area is 100 Å². The van der Waals surface area contributed by atoms with Crippen molar-refractivity contribution in [1.29, 1.82) is 5.26 Å². The Kier molecular flexibility index (Phi) is 2.81. The molecule has 1 N–H and O–H groups in total. The highest BCUT2D eigenvalue weighted by Crippen LogP contribution is 2.13. The number of hydrogen-bond acceptors (Lipinski definition) is 3. The summed E-state index contributed by atoms with van der Waals surface area (Å²) in [7, 11) is 0. The van der Waals surface area contributed by atoms with Crippen LogP contribution < -0.4 is 5.43 Å². The molecule has 0 aliphatic rings. The SMILES string of the molecule is N#CCn1cc(C(=O)O)c(=O)c2cc(F)ccc21. The lowest BCUT2D eigenvalue weighted by Gasteiger charge is -2.08. The maximum absolute atomic E-state index is 13.1. The molecular formula is C12H7FN2O3. The number of nitrogens with zero attached hydrogens (tertiary/aromatic N) is 2. The molecule has 0 spiro atoms. The number of carboxylic acid groups (broad SMARTS) is 1. The molecule has 1 aromatic carbocycles. The summed E-state index contributed by atoms with van der Waals surface area (Å²) in [5.74, 6) is -2.04. The molecule has 0 aliphatic carbocycles. The predicted molar refractivity (Wildman–Crippen MR) is 60.7 cm³/mol. The van der Waals surface area contributed by atoms with Crippen molar-refractivity contribution in [1.82, 2.24) is 4.57 Å². The monoisotopic (exact) mass is 246 g/mol. The molecule has 2 rings (SSSR count). The molecule has 0 radical (unpaired) electrons. The first-order valence-electron chi connectivity index (χ1n) is 4.97. The van der Waals surface area contributed by atoms with Crippen molar-refractivity contribution in [3.63, 3.8) is 0 Å². The van der Waals surface area contributed by atoms with Crippen LogP contribution in [-0.4, -0.2) is 15.6 Å². The van der Waals surface area contributed by atoms with E-state index in [1.54, 1.807) is 0 Å². The van der Waals surface area contributed by atoms with Gasteiger partial charge in [-0.25, -0.2) is 9.18 Å². The molecule has 0 aliphatic heterocycles. The Morgan fingerprint density at radius 2 is 2.22 bits per heavy atom. The molecule has 0 saturated heterocycles. The first-order valence-corrected chi connectivity index (χ1v) is 4.97. The van der Waals surface area contributed by atoms with Crippen LogP contribution in [-0.2, 0) is 6.54 Å². The third-order valence-electron chi connectivity index (χ3n) is 2.51. The van der Waals surface area contributed by atoms with Crippen LogP contribution in [0.2, 0.25) is 0 Å². The summed E-state index contributed by atoms with van der Waals surface area (Å²) >= 11 is 0. The van der Waals surface area contributed by atoms with Gasteiger partial charge in [0.15, 0.2) is 0 Å². The van der Waals surface area contributed by atoms with E-state index in [4.69, 9.17) is 10.4 Å². The van der Waals surface area contributed by atoms with Crippen LogP contribution >= 0.6 is 0 Å². The Bertz CT molecular complexity index is 743. The molecule has 6 heteroatoms. The van der Waals surface area contributed by atoms with Crippen molar-refractivity contribution in [2.24, 2.45) is 0 Å². The molecule has 5 nitrogen and oxygen atoms in total. The smallest absolute Gasteiger partial charge is 0.341 e. The summed E-state index contributed by atoms with van der Waals surface area (Å²) in [6.45, 7) is -0.122. The first kappa shape index (κ1) is 11.8. The first-order chi connectivity index (χ1) is 8.54. The van der Waals surface area contributed by atoms with Crippen LogP contribution in [0.25, 0.3) is 10.9 Å². The maximum atomic E-state index is 13.1. The van der Waals surface area contributed by atoms with Gasteiger partial charge in [-0.2, -0.15) is 5.26 Å². The number of halogens is 1. The lowest BCUT2D eigenvalue weighted by atomic mass is 10.1. The van der Waals surface area contributed by atoms with Crippen LogP contribution in [0.5, 0.6) is 0 Å². The molecule has 0 saturated carbocycles. The highest BCUT2D eigenvalue weighted by Gasteiger charge is 2.14. The van der Waals surface area contributed by atoms with Gasteiger partial charge in [-0.3, -0.25) is 4.79 Å². The summed E-state index contributed by atoms with van der Waals surface area (Å²) in [6, 6.07) is 5.31. The largest absolute Gasteiger partial charge is 0.477 e. The van der Waals surface area contributed by atoms with Crippen LogP contribution in [0.15, 0.2) is 29.2 Å². The third-order valence-corrected chi connectivity index (χ3v) is 2.51. The zero-order chi connectivity index (χ0) is 13.3. The molecular weight excluding hydrogens is 239 g/mol. The quantitative estimate of drug-likeness (QED) is 0.867. The number of hydrogen-bond donors (Lipinski definition) is 1. The zero-order valence-electron chi connectivity index (χ0n) is 9.05. The van der Waals surface area contributed by atoms with E-state index in [-0.39, 0.29) is 11.9 Å². The number of aromatic carboxylic acids is 1. The number of carbonyl (C=O) groups is 1. The van der Waals surface area contributed by atoms with Gasteiger partial charge < -0.3 is 9.67 Å². The lowest BCUT2D eigenvalue weighted by molar-refractivity contribution is 0.0695. The van der Waals surface area contributed by atoms with Gasteiger partial charge >= 0.3 is 5.97 Å². The zero-order valence-corrected chi connectivity index (χ0v) is 9.05. The van der Waals surface area contributed by atoms with E-state index < -0.39 is 22.8 Å². The van der Waals surface area contributed by atoms with E-state index >= 15 is 0 Å². The fourth-order valence-corrected chi connectivity index (χ4v) is 1.73. The average molecular weight is 246 g/mol. The van der Waals surface area contributed by atoms with Gasteiger partial charge in [-0.1, -0.05) is 0 Å². The summed E-state index contributed by atoms with van der Waals surface area (Å²) in [4.78, 5) is 22.8. The molecule has 0 atom stereocenters. The molecule has 0 fully saturated rings. The van der Waals surface area contributed by atoms with Gasteiger partial charge in [0.25, 0.3) is 0 Å². The van der Waals surface area contributed by atoms with Crippen molar-refractivity contribution in [3.8, 4) is 6.07 Å². The molecule has 2 aromatic rings. The van der Waals surface area contributed by atoms with Gasteiger partial charge in [-0.15, -0.1) is 0 Å². The Morgan fingerprint density at radius 1 is 1.50 bits per heavy atom. The Balaban J connectivity index is 2.93. The minimum absolute atomic E-state index is 0.0508. The molecule has 1 aromatic heterocycles. The van der Waals surface area contributed by atoms with Crippen LogP contribution in [0, 0.1) is 17.1 Å². The molecule has 18 heavy (non-hydrogen) atoms. The Morgan fingerprint density at radius 3 is 2.83 bits per heavy atom. The van der Waals surface area contributed by atoms with E-state index in [9.17, 15) is 14.0 Å². The van der Waals surface area contributed by atoms with Crippen LogP contribution in [0.4, 0.5) is 4.39 Å². The molecule has 1 heterocycles. The van der Waals surface area contributed by atoms with Gasteiger partial charge in [0, 0.05) is 11.6 Å². The summed E-state index contributed by atoms with van der Waals surface area (Å²) in [5.41, 5.74) is -0.914. The Hall–Kier alpha value is -2.68. The second-order valence-corrected chi connectivity index (χ2v) is 3.62. The summed E-state index contributed by atoms with van der Waals surface area (Å²) in [5, 5.41) is 17.5. The summed E-state index contributed by atoms with van der Waals surface area (Å²) in [6.07, 6.45) is 1.09. The number of aromatic nitrogens is 1. The lowest BCUT2D eigenvalue weighted by Crippen LogP contribution is -2.19. The predicted octanol–water partition coefficient (Wildman–Crippen LogP) is 1.36. The second-order valence-electron chi connectivity index (χ2n) is 3.62. The molecule has 0 amide bonds. The van der Waals surface area contributed by atoms with E-state index in [0.717, 1.165) is 18.3 Å². The van der Waals surface area contributed by atoms with Crippen molar-refractivity contribution in [2.45, 2.75) is 6.54 Å². The fraction of sp³-hybridized carbons (Fsp3) is 0.0833. The molecule has 0 unspecified atom stereocenters. The number of pyridine rings is 1. The van der Waals surface area contributed by atoms with Gasteiger partial charge in [-0.05, 0) is 18.2 Å². The average Bonchev–Trinajstić information content (AvgIpc) is 2.32. The molecule has 0 bridgehead atoms. The van der Waals surface area contributed by atoms with Crippen molar-refractivity contribution >= 4 is 16.9 Å². The van der Waals surface area contributed by atoms with Crippen molar-refractivity contribution in [3.05, 3.63) is 46.0 Å². The second kappa shape index (κ2) is 4.30. The highest BCUT2D eigenvalue weighted by molar-refractivity contribution is 5.92. The fourth-order valence-electron chi connectivity index (χ4n) is 1.73. The third kappa shape index (κ3) is 1.82. The van der Waals surface area contributed by atoms with Crippen LogP contribution in [0.3, 0.4) is 0 Å². The highest BCUT2D eigenvalue weighted by atomic mass is 19.1. The number of nitriles is 1. The van der Waals surface area contributed by atoms with Gasteiger partial charge in [0.1, 0.15) is 17.9 Å². The molecule has 90 valence electrons. The standard InChI is InChI=1S/C12H7FN2O3/c13-7-1-2-10-8(5-7)11(16)9(12(17)18)6-15(10)4-3-14/h1-2,5-6H,4H2,(H,17,18). The van der Waals surface area contributed by atoms with Crippen molar-refractivity contribution < 1.29 is 14.3 Å². The van der Waals surface area contributed by atoms with E-state index in [1.807, 2.05) is 6.07 Å². The topological polar surface area (TPSA) is 83.1 Å². The minimum Gasteiger partial charge on any atom is -0.477 e.